The molecule has 0 fully saturated rings. The zero-order valence-electron chi connectivity index (χ0n) is 8.70. The third-order valence-electron chi connectivity index (χ3n) is 2.10. The van der Waals surface area contributed by atoms with Crippen molar-refractivity contribution in [3.63, 3.8) is 0 Å². The van der Waals surface area contributed by atoms with Crippen LogP contribution < -0.4 is 5.32 Å². The molecule has 0 aromatic heterocycles. The number of aryl methyl sites for hydroxylation is 1. The molecule has 0 heterocycles. The van der Waals surface area contributed by atoms with Crippen molar-refractivity contribution in [3.8, 4) is 0 Å². The van der Waals surface area contributed by atoms with Gasteiger partial charge in [-0.2, -0.15) is 0 Å². The van der Waals surface area contributed by atoms with E-state index in [2.05, 4.69) is 5.32 Å². The average Bonchev–Trinajstić information content (AvgIpc) is 2.02. The van der Waals surface area contributed by atoms with Gasteiger partial charge in [-0.3, -0.25) is 0 Å². The monoisotopic (exact) mass is 199 g/mol. The van der Waals surface area contributed by atoms with Gasteiger partial charge in [-0.05, 0) is 19.5 Å². The van der Waals surface area contributed by atoms with Crippen molar-refractivity contribution in [2.75, 3.05) is 7.05 Å². The molecule has 1 N–H and O–H groups in total. The predicted octanol–water partition coefficient (Wildman–Crippen LogP) is 2.83. The highest BCUT2D eigenvalue weighted by molar-refractivity contribution is 5.34. The lowest BCUT2D eigenvalue weighted by molar-refractivity contribution is 0.0164. The number of benzene rings is 1. The molecule has 1 aromatic rings. The number of alkyl halides is 2. The van der Waals surface area contributed by atoms with Gasteiger partial charge in [0, 0.05) is 19.0 Å². The summed E-state index contributed by atoms with van der Waals surface area (Å²) in [4.78, 5) is 0. The lowest BCUT2D eigenvalue weighted by atomic mass is 10.00. The normalized spacial score (nSPS) is 11.8. The molecule has 0 radical (unpaired) electrons. The van der Waals surface area contributed by atoms with Gasteiger partial charge >= 0.3 is 0 Å². The average molecular weight is 199 g/mol. The first-order valence-electron chi connectivity index (χ1n) is 4.57. The molecule has 14 heavy (non-hydrogen) atoms. The van der Waals surface area contributed by atoms with E-state index in [0.717, 1.165) is 12.5 Å². The molecule has 0 aliphatic heterocycles. The number of rotatable bonds is 3. The van der Waals surface area contributed by atoms with Gasteiger partial charge in [0.1, 0.15) is 0 Å². The Balaban J connectivity index is 3.15. The molecule has 0 saturated carbocycles. The molecule has 0 spiro atoms. The van der Waals surface area contributed by atoms with Crippen LogP contribution in [-0.4, -0.2) is 7.05 Å². The number of nitrogens with one attached hydrogen (secondary N) is 1. The van der Waals surface area contributed by atoms with Gasteiger partial charge in [-0.15, -0.1) is 0 Å². The molecule has 0 aliphatic rings. The highest BCUT2D eigenvalue weighted by atomic mass is 19.3. The number of halogens is 2. The molecule has 0 aliphatic carbocycles. The zero-order chi connectivity index (χ0) is 10.8. The van der Waals surface area contributed by atoms with Crippen molar-refractivity contribution in [2.24, 2.45) is 0 Å². The standard InChI is InChI=1S/C11H15F2N/c1-8-4-5-10(11(2,12)13)9(6-8)7-14-3/h4-6,14H,7H2,1-3H3. The van der Waals surface area contributed by atoms with E-state index in [0.29, 0.717) is 12.1 Å². The van der Waals surface area contributed by atoms with Crippen molar-refractivity contribution in [1.82, 2.24) is 5.32 Å². The Kier molecular flexibility index (Phi) is 3.21. The third kappa shape index (κ3) is 2.51. The van der Waals surface area contributed by atoms with Crippen molar-refractivity contribution in [1.29, 1.82) is 0 Å². The smallest absolute Gasteiger partial charge is 0.270 e. The molecule has 0 atom stereocenters. The van der Waals surface area contributed by atoms with E-state index in [1.807, 2.05) is 6.92 Å². The van der Waals surface area contributed by atoms with Crippen LogP contribution in [0.4, 0.5) is 8.78 Å². The molecule has 0 bridgehead atoms. The summed E-state index contributed by atoms with van der Waals surface area (Å²) >= 11 is 0. The van der Waals surface area contributed by atoms with Gasteiger partial charge in [-0.25, -0.2) is 8.78 Å². The first-order valence-corrected chi connectivity index (χ1v) is 4.57. The first-order chi connectivity index (χ1) is 6.45. The Morgan fingerprint density at radius 3 is 2.50 bits per heavy atom. The Morgan fingerprint density at radius 2 is 2.00 bits per heavy atom. The van der Waals surface area contributed by atoms with Crippen LogP contribution in [0.3, 0.4) is 0 Å². The lowest BCUT2D eigenvalue weighted by Crippen LogP contribution is -2.15. The largest absolute Gasteiger partial charge is 0.316 e. The highest BCUT2D eigenvalue weighted by Crippen LogP contribution is 2.30. The maximum absolute atomic E-state index is 13.1. The first kappa shape index (κ1) is 11.1. The molecule has 0 amide bonds. The van der Waals surface area contributed by atoms with Crippen molar-refractivity contribution >= 4 is 0 Å². The second-order valence-corrected chi connectivity index (χ2v) is 3.58. The Bertz CT molecular complexity index is 316. The van der Waals surface area contributed by atoms with Gasteiger partial charge in [0.2, 0.25) is 0 Å². The maximum atomic E-state index is 13.1. The van der Waals surface area contributed by atoms with Gasteiger partial charge in [0.25, 0.3) is 5.92 Å². The molecule has 3 heteroatoms. The summed E-state index contributed by atoms with van der Waals surface area (Å²) in [7, 11) is 1.75. The lowest BCUT2D eigenvalue weighted by Gasteiger charge is -2.16. The van der Waals surface area contributed by atoms with Gasteiger partial charge in [0.15, 0.2) is 0 Å². The SMILES string of the molecule is CNCc1cc(C)ccc1C(C)(F)F. The maximum Gasteiger partial charge on any atom is 0.270 e. The molecule has 0 unspecified atom stereocenters. The van der Waals surface area contributed by atoms with E-state index >= 15 is 0 Å². The minimum Gasteiger partial charge on any atom is -0.316 e. The summed E-state index contributed by atoms with van der Waals surface area (Å²) < 4.78 is 26.3. The quantitative estimate of drug-likeness (QED) is 0.789. The van der Waals surface area contributed by atoms with Crippen LogP contribution in [0, 0.1) is 6.92 Å². The summed E-state index contributed by atoms with van der Waals surface area (Å²) in [5.74, 6) is -2.76. The summed E-state index contributed by atoms with van der Waals surface area (Å²) in [6.45, 7) is 3.30. The van der Waals surface area contributed by atoms with E-state index in [1.54, 1.807) is 19.2 Å². The van der Waals surface area contributed by atoms with E-state index in [4.69, 9.17) is 0 Å². The molecule has 0 saturated heterocycles. The Morgan fingerprint density at radius 1 is 1.36 bits per heavy atom. The van der Waals surface area contributed by atoms with E-state index in [9.17, 15) is 8.78 Å². The summed E-state index contributed by atoms with van der Waals surface area (Å²) in [5, 5.41) is 2.89. The molecular formula is C11H15F2N. The van der Waals surface area contributed by atoms with Crippen LogP contribution >= 0.6 is 0 Å². The van der Waals surface area contributed by atoms with Crippen molar-refractivity contribution in [3.05, 3.63) is 34.9 Å². The van der Waals surface area contributed by atoms with Crippen LogP contribution in [0.5, 0.6) is 0 Å². The van der Waals surface area contributed by atoms with Crippen molar-refractivity contribution < 1.29 is 8.78 Å². The number of hydrogen-bond donors (Lipinski definition) is 1. The summed E-state index contributed by atoms with van der Waals surface area (Å²) in [5.41, 5.74) is 1.78. The van der Waals surface area contributed by atoms with Crippen LogP contribution in [0.1, 0.15) is 23.6 Å². The fourth-order valence-corrected chi connectivity index (χ4v) is 1.49. The van der Waals surface area contributed by atoms with Crippen molar-refractivity contribution in [2.45, 2.75) is 26.3 Å². The molecule has 1 aromatic carbocycles. The summed E-state index contributed by atoms with van der Waals surface area (Å²) in [6, 6.07) is 5.01. The van der Waals surface area contributed by atoms with Gasteiger partial charge < -0.3 is 5.32 Å². The Hall–Kier alpha value is -0.960. The van der Waals surface area contributed by atoms with E-state index in [-0.39, 0.29) is 5.56 Å². The summed E-state index contributed by atoms with van der Waals surface area (Å²) in [6.07, 6.45) is 0. The van der Waals surface area contributed by atoms with Gasteiger partial charge in [-0.1, -0.05) is 23.8 Å². The molecule has 78 valence electrons. The minimum absolute atomic E-state index is 0.109. The van der Waals surface area contributed by atoms with Crippen LogP contribution in [0.25, 0.3) is 0 Å². The second kappa shape index (κ2) is 4.05. The van der Waals surface area contributed by atoms with Crippen LogP contribution in [-0.2, 0) is 12.5 Å². The topological polar surface area (TPSA) is 12.0 Å². The third-order valence-corrected chi connectivity index (χ3v) is 2.10. The van der Waals surface area contributed by atoms with E-state index < -0.39 is 5.92 Å². The number of hydrogen-bond acceptors (Lipinski definition) is 1. The minimum atomic E-state index is -2.76. The fraction of sp³-hybridized carbons (Fsp3) is 0.455. The highest BCUT2D eigenvalue weighted by Gasteiger charge is 2.26. The molecule has 1 nitrogen and oxygen atoms in total. The molecule has 1 rings (SSSR count). The van der Waals surface area contributed by atoms with Crippen LogP contribution in [0.2, 0.25) is 0 Å². The fourth-order valence-electron chi connectivity index (χ4n) is 1.49. The predicted molar refractivity (Wildman–Crippen MR) is 53.5 cm³/mol. The van der Waals surface area contributed by atoms with E-state index in [1.165, 1.54) is 6.07 Å². The second-order valence-electron chi connectivity index (χ2n) is 3.58. The zero-order valence-corrected chi connectivity index (χ0v) is 8.70. The molecular weight excluding hydrogens is 184 g/mol. The van der Waals surface area contributed by atoms with Gasteiger partial charge in [0.05, 0.1) is 0 Å². The Labute approximate surface area is 83.1 Å². The van der Waals surface area contributed by atoms with Crippen LogP contribution in [0.15, 0.2) is 18.2 Å².